The molecule has 1 fully saturated rings. The molecule has 0 aliphatic carbocycles. The number of carbonyl (C=O) groups is 1. The van der Waals surface area contributed by atoms with Gasteiger partial charge in [-0.1, -0.05) is 0 Å². The molecule has 1 N–H and O–H groups in total. The van der Waals surface area contributed by atoms with E-state index in [4.69, 9.17) is 0 Å². The lowest BCUT2D eigenvalue weighted by atomic mass is 10.0. The zero-order chi connectivity index (χ0) is 16.9. The Kier molecular flexibility index (Phi) is 5.14. The van der Waals surface area contributed by atoms with Gasteiger partial charge in [0.2, 0.25) is 5.91 Å². The number of hydrogen-bond donors (Lipinski definition) is 1. The van der Waals surface area contributed by atoms with Crippen LogP contribution in [0, 0.1) is 10.1 Å². The highest BCUT2D eigenvalue weighted by atomic mass is 32.2. The third-order valence-corrected chi connectivity index (χ3v) is 5.06. The summed E-state index contributed by atoms with van der Waals surface area (Å²) in [5.41, 5.74) is 0.0552. The van der Waals surface area contributed by atoms with Crippen LogP contribution in [0.1, 0.15) is 31.1 Å². The van der Waals surface area contributed by atoms with Gasteiger partial charge in [-0.2, -0.15) is 0 Å². The molecule has 1 saturated heterocycles. The average Bonchev–Trinajstić information content (AvgIpc) is 3.14. The number of nitrogens with zero attached hydrogens (tertiary/aromatic N) is 3. The number of amides is 1. The molecule has 1 aromatic heterocycles. The first-order valence-corrected chi connectivity index (χ1v) is 8.79. The molecule has 0 spiro atoms. The van der Waals surface area contributed by atoms with Gasteiger partial charge in [-0.3, -0.25) is 14.9 Å². The first kappa shape index (κ1) is 16.5. The first-order valence-electron chi connectivity index (χ1n) is 7.81. The van der Waals surface area contributed by atoms with E-state index < -0.39 is 4.92 Å². The molecule has 2 heterocycles. The molecule has 0 bridgehead atoms. The SMILES string of the molecule is O=C(CSc1ccc([N+](=O)[O-])cc1)N1CCCC[C@H]1c1ncc[nH]1. The number of carbonyl (C=O) groups excluding carboxylic acids is 1. The Balaban J connectivity index is 1.62. The minimum Gasteiger partial charge on any atom is -0.347 e. The Bertz CT molecular complexity index is 703. The van der Waals surface area contributed by atoms with E-state index in [0.29, 0.717) is 5.75 Å². The third-order valence-electron chi connectivity index (χ3n) is 4.07. The van der Waals surface area contributed by atoms with Crippen molar-refractivity contribution in [2.45, 2.75) is 30.2 Å². The Labute approximate surface area is 143 Å². The van der Waals surface area contributed by atoms with Gasteiger partial charge in [0, 0.05) is 36.0 Å². The van der Waals surface area contributed by atoms with Gasteiger partial charge in [0.15, 0.2) is 0 Å². The summed E-state index contributed by atoms with van der Waals surface area (Å²) in [6.45, 7) is 0.741. The number of imidazole rings is 1. The average molecular weight is 346 g/mol. The standard InChI is InChI=1S/C16H18N4O3S/c21-15(11-24-13-6-4-12(5-7-13)20(22)23)19-10-2-1-3-14(19)16-17-8-9-18-16/h4-9,14H,1-3,10-11H2,(H,17,18)/t14-/m0/s1. The lowest BCUT2D eigenvalue weighted by molar-refractivity contribution is -0.384. The molecule has 1 aliphatic heterocycles. The summed E-state index contributed by atoms with van der Waals surface area (Å²) >= 11 is 1.40. The van der Waals surface area contributed by atoms with Gasteiger partial charge in [-0.25, -0.2) is 4.98 Å². The normalized spacial score (nSPS) is 17.7. The van der Waals surface area contributed by atoms with E-state index >= 15 is 0 Å². The first-order chi connectivity index (χ1) is 11.6. The van der Waals surface area contributed by atoms with Gasteiger partial charge in [0.1, 0.15) is 5.82 Å². The molecular formula is C16H18N4O3S. The number of aromatic amines is 1. The van der Waals surface area contributed by atoms with Crippen molar-refractivity contribution in [1.29, 1.82) is 0 Å². The number of aromatic nitrogens is 2. The summed E-state index contributed by atoms with van der Waals surface area (Å²) < 4.78 is 0. The van der Waals surface area contributed by atoms with Crippen LogP contribution in [-0.2, 0) is 4.79 Å². The van der Waals surface area contributed by atoms with E-state index in [2.05, 4.69) is 9.97 Å². The molecule has 0 unspecified atom stereocenters. The molecule has 126 valence electrons. The van der Waals surface area contributed by atoms with E-state index in [1.165, 1.54) is 23.9 Å². The fourth-order valence-electron chi connectivity index (χ4n) is 2.87. The predicted octanol–water partition coefficient (Wildman–Crippen LogP) is 3.16. The van der Waals surface area contributed by atoms with Crippen LogP contribution in [0.2, 0.25) is 0 Å². The van der Waals surface area contributed by atoms with Crippen LogP contribution < -0.4 is 0 Å². The molecule has 1 aliphatic rings. The highest BCUT2D eigenvalue weighted by molar-refractivity contribution is 8.00. The van der Waals surface area contributed by atoms with Gasteiger partial charge in [-0.05, 0) is 31.4 Å². The summed E-state index contributed by atoms with van der Waals surface area (Å²) in [5.74, 6) is 1.22. The molecular weight excluding hydrogens is 328 g/mol. The molecule has 8 heteroatoms. The van der Waals surface area contributed by atoms with Gasteiger partial charge in [0.25, 0.3) is 5.69 Å². The van der Waals surface area contributed by atoms with Crippen LogP contribution in [0.4, 0.5) is 5.69 Å². The topological polar surface area (TPSA) is 92.1 Å². The van der Waals surface area contributed by atoms with E-state index in [1.54, 1.807) is 24.5 Å². The molecule has 1 aromatic carbocycles. The largest absolute Gasteiger partial charge is 0.347 e. The number of thioether (sulfide) groups is 1. The second-order valence-corrected chi connectivity index (χ2v) is 6.66. The number of nitrogens with one attached hydrogen (secondary N) is 1. The number of benzene rings is 1. The van der Waals surface area contributed by atoms with Crippen LogP contribution in [0.15, 0.2) is 41.6 Å². The van der Waals surface area contributed by atoms with Gasteiger partial charge in [0.05, 0.1) is 16.7 Å². The maximum atomic E-state index is 12.6. The van der Waals surface area contributed by atoms with E-state index in [-0.39, 0.29) is 17.6 Å². The summed E-state index contributed by atoms with van der Waals surface area (Å²) in [4.78, 5) is 33.0. The molecule has 0 saturated carbocycles. The van der Waals surface area contributed by atoms with Gasteiger partial charge >= 0.3 is 0 Å². The van der Waals surface area contributed by atoms with E-state index in [9.17, 15) is 14.9 Å². The zero-order valence-electron chi connectivity index (χ0n) is 13.1. The van der Waals surface area contributed by atoms with E-state index in [0.717, 1.165) is 36.5 Å². The number of rotatable bonds is 5. The number of hydrogen-bond acceptors (Lipinski definition) is 5. The quantitative estimate of drug-likeness (QED) is 0.510. The highest BCUT2D eigenvalue weighted by Gasteiger charge is 2.29. The second kappa shape index (κ2) is 7.48. The van der Waals surface area contributed by atoms with E-state index in [1.807, 2.05) is 4.90 Å². The Morgan fingerprint density at radius 1 is 1.38 bits per heavy atom. The van der Waals surface area contributed by atoms with Gasteiger partial charge < -0.3 is 9.88 Å². The number of nitro benzene ring substituents is 1. The van der Waals surface area contributed by atoms with Gasteiger partial charge in [-0.15, -0.1) is 11.8 Å². The van der Waals surface area contributed by atoms with Crippen LogP contribution in [0.5, 0.6) is 0 Å². The van der Waals surface area contributed by atoms with Crippen LogP contribution in [-0.4, -0.2) is 38.0 Å². The number of H-pyrrole nitrogens is 1. The van der Waals surface area contributed by atoms with Crippen molar-refractivity contribution >= 4 is 23.4 Å². The van der Waals surface area contributed by atoms with Crippen LogP contribution in [0.25, 0.3) is 0 Å². The molecule has 0 radical (unpaired) electrons. The van der Waals surface area contributed by atoms with Crippen molar-refractivity contribution in [2.24, 2.45) is 0 Å². The zero-order valence-corrected chi connectivity index (χ0v) is 13.9. The smallest absolute Gasteiger partial charge is 0.269 e. The monoisotopic (exact) mass is 346 g/mol. The van der Waals surface area contributed by atoms with Crippen LogP contribution >= 0.6 is 11.8 Å². The number of non-ortho nitro benzene ring substituents is 1. The number of likely N-dealkylation sites (tertiary alicyclic amines) is 1. The number of piperidine rings is 1. The summed E-state index contributed by atoms with van der Waals surface area (Å²) in [7, 11) is 0. The summed E-state index contributed by atoms with van der Waals surface area (Å²) in [6, 6.07) is 6.28. The third kappa shape index (κ3) is 3.76. The van der Waals surface area contributed by atoms with Crippen molar-refractivity contribution in [3.05, 3.63) is 52.6 Å². The fourth-order valence-corrected chi connectivity index (χ4v) is 3.65. The summed E-state index contributed by atoms with van der Waals surface area (Å²) in [6.07, 6.45) is 6.49. The minimum atomic E-state index is -0.429. The molecule has 2 aromatic rings. The number of nitro groups is 1. The lowest BCUT2D eigenvalue weighted by Crippen LogP contribution is -2.40. The Hall–Kier alpha value is -2.35. The molecule has 7 nitrogen and oxygen atoms in total. The Morgan fingerprint density at radius 2 is 2.17 bits per heavy atom. The molecule has 3 rings (SSSR count). The van der Waals surface area contributed by atoms with Crippen molar-refractivity contribution < 1.29 is 9.72 Å². The highest BCUT2D eigenvalue weighted by Crippen LogP contribution is 2.30. The minimum absolute atomic E-state index is 0.0127. The maximum Gasteiger partial charge on any atom is 0.269 e. The molecule has 1 amide bonds. The van der Waals surface area contributed by atoms with Crippen molar-refractivity contribution in [3.8, 4) is 0 Å². The van der Waals surface area contributed by atoms with Crippen LogP contribution in [0.3, 0.4) is 0 Å². The lowest BCUT2D eigenvalue weighted by Gasteiger charge is -2.34. The second-order valence-electron chi connectivity index (χ2n) is 5.61. The maximum absolute atomic E-state index is 12.6. The van der Waals surface area contributed by atoms with Crippen molar-refractivity contribution in [2.75, 3.05) is 12.3 Å². The molecule has 1 atom stereocenters. The predicted molar refractivity (Wildman–Crippen MR) is 90.7 cm³/mol. The summed E-state index contributed by atoms with van der Waals surface area (Å²) in [5, 5.41) is 10.7. The molecule has 24 heavy (non-hydrogen) atoms. The Morgan fingerprint density at radius 3 is 2.83 bits per heavy atom. The fraction of sp³-hybridized carbons (Fsp3) is 0.375. The van der Waals surface area contributed by atoms with Crippen molar-refractivity contribution in [1.82, 2.24) is 14.9 Å². The van der Waals surface area contributed by atoms with Crippen molar-refractivity contribution in [3.63, 3.8) is 0 Å².